The second kappa shape index (κ2) is 8.54. The maximum atomic E-state index is 12.6. The van der Waals surface area contributed by atoms with Crippen LogP contribution in [0.4, 0.5) is 5.69 Å². The Bertz CT molecular complexity index is 1070. The van der Waals surface area contributed by atoms with Gasteiger partial charge in [0, 0.05) is 19.2 Å². The summed E-state index contributed by atoms with van der Waals surface area (Å²) in [6, 6.07) is 11.1. The third-order valence-electron chi connectivity index (χ3n) is 4.10. The van der Waals surface area contributed by atoms with E-state index in [-0.39, 0.29) is 22.8 Å². The molecule has 0 spiro atoms. The molecule has 0 bridgehead atoms. The largest absolute Gasteiger partial charge is 0.449 e. The van der Waals surface area contributed by atoms with Gasteiger partial charge in [0.25, 0.3) is 11.6 Å². The van der Waals surface area contributed by atoms with Crippen molar-refractivity contribution < 1.29 is 19.2 Å². The summed E-state index contributed by atoms with van der Waals surface area (Å²) >= 11 is 7.42. The van der Waals surface area contributed by atoms with Crippen molar-refractivity contribution in [2.75, 3.05) is 7.05 Å². The molecule has 3 rings (SSSR count). The van der Waals surface area contributed by atoms with Gasteiger partial charge >= 0.3 is 5.97 Å². The quantitative estimate of drug-likeness (QED) is 0.330. The van der Waals surface area contributed by atoms with E-state index < -0.39 is 22.9 Å². The number of hydrogen-bond acceptors (Lipinski definition) is 7. The number of thiazole rings is 1. The Kier molecular flexibility index (Phi) is 6.09. The van der Waals surface area contributed by atoms with Crippen LogP contribution in [-0.2, 0) is 16.1 Å². The molecule has 0 aliphatic carbocycles. The zero-order valence-corrected chi connectivity index (χ0v) is 17.1. The topological polar surface area (TPSA) is 103 Å². The third kappa shape index (κ3) is 4.69. The molecule has 0 N–H and O–H groups in total. The van der Waals surface area contributed by atoms with Crippen molar-refractivity contribution >= 4 is 50.7 Å². The van der Waals surface area contributed by atoms with Crippen molar-refractivity contribution in [3.63, 3.8) is 0 Å². The molecule has 0 radical (unpaired) electrons. The minimum atomic E-state index is -1.06. The standard InChI is InChI=1S/C19H16ClN3O5S/c1-11(28-19(25)13-8-7-12(23(26)27)9-14(13)20)18(24)22(2)10-17-21-15-5-3-4-6-16(15)29-17/h3-9,11H,10H2,1-2H3. The lowest BCUT2D eigenvalue weighted by Gasteiger charge is -2.20. The molecule has 0 aliphatic heterocycles. The number of amides is 1. The molecule has 0 saturated carbocycles. The number of benzene rings is 2. The highest BCUT2D eigenvalue weighted by molar-refractivity contribution is 7.18. The molecule has 1 aromatic heterocycles. The van der Waals surface area contributed by atoms with Crippen molar-refractivity contribution in [1.29, 1.82) is 0 Å². The third-order valence-corrected chi connectivity index (χ3v) is 5.44. The summed E-state index contributed by atoms with van der Waals surface area (Å²) in [6.07, 6.45) is -1.06. The van der Waals surface area contributed by atoms with Crippen LogP contribution in [-0.4, -0.2) is 39.8 Å². The fraction of sp³-hybridized carbons (Fsp3) is 0.211. The van der Waals surface area contributed by atoms with E-state index in [1.165, 1.54) is 29.2 Å². The van der Waals surface area contributed by atoms with Gasteiger partial charge in [-0.25, -0.2) is 9.78 Å². The van der Waals surface area contributed by atoms with E-state index >= 15 is 0 Å². The van der Waals surface area contributed by atoms with Gasteiger partial charge in [-0.3, -0.25) is 14.9 Å². The minimum Gasteiger partial charge on any atom is -0.449 e. The number of fused-ring (bicyclic) bond motifs is 1. The van der Waals surface area contributed by atoms with E-state index in [2.05, 4.69) is 4.98 Å². The summed E-state index contributed by atoms with van der Waals surface area (Å²) in [6.45, 7) is 1.73. The van der Waals surface area contributed by atoms with Gasteiger partial charge in [-0.05, 0) is 25.1 Å². The fourth-order valence-electron chi connectivity index (χ4n) is 2.64. The van der Waals surface area contributed by atoms with Gasteiger partial charge in [-0.15, -0.1) is 11.3 Å². The lowest BCUT2D eigenvalue weighted by molar-refractivity contribution is -0.384. The molecule has 0 saturated heterocycles. The minimum absolute atomic E-state index is 0.0502. The van der Waals surface area contributed by atoms with E-state index in [4.69, 9.17) is 16.3 Å². The van der Waals surface area contributed by atoms with Crippen LogP contribution in [0.25, 0.3) is 10.2 Å². The first-order valence-corrected chi connectivity index (χ1v) is 9.70. The van der Waals surface area contributed by atoms with Crippen molar-refractivity contribution in [3.05, 3.63) is 68.2 Å². The highest BCUT2D eigenvalue weighted by Gasteiger charge is 2.25. The average molecular weight is 434 g/mol. The summed E-state index contributed by atoms with van der Waals surface area (Å²) in [7, 11) is 1.59. The Hall–Kier alpha value is -3.04. The van der Waals surface area contributed by atoms with E-state index in [1.807, 2.05) is 24.3 Å². The zero-order valence-electron chi connectivity index (χ0n) is 15.5. The predicted octanol–water partition coefficient (Wildman–Crippen LogP) is 4.06. The molecule has 0 aliphatic rings. The number of nitro benzene ring substituents is 1. The number of non-ortho nitro benzene ring substituents is 1. The van der Waals surface area contributed by atoms with Gasteiger partial charge in [0.1, 0.15) is 5.01 Å². The van der Waals surface area contributed by atoms with Crippen molar-refractivity contribution in [2.45, 2.75) is 19.6 Å². The number of esters is 1. The van der Waals surface area contributed by atoms with E-state index in [0.29, 0.717) is 0 Å². The van der Waals surface area contributed by atoms with Crippen LogP contribution in [0.5, 0.6) is 0 Å². The number of aromatic nitrogens is 1. The van der Waals surface area contributed by atoms with Crippen LogP contribution in [0, 0.1) is 10.1 Å². The van der Waals surface area contributed by atoms with Crippen molar-refractivity contribution in [2.24, 2.45) is 0 Å². The van der Waals surface area contributed by atoms with Gasteiger partial charge in [0.15, 0.2) is 6.10 Å². The van der Waals surface area contributed by atoms with E-state index in [1.54, 1.807) is 7.05 Å². The lowest BCUT2D eigenvalue weighted by Crippen LogP contribution is -2.37. The van der Waals surface area contributed by atoms with Crippen LogP contribution < -0.4 is 0 Å². The molecule has 1 amide bonds. The summed E-state index contributed by atoms with van der Waals surface area (Å²) in [5.41, 5.74) is 0.567. The maximum absolute atomic E-state index is 12.6. The first-order valence-electron chi connectivity index (χ1n) is 8.50. The first kappa shape index (κ1) is 20.7. The average Bonchev–Trinajstić information content (AvgIpc) is 3.09. The molecule has 0 fully saturated rings. The maximum Gasteiger partial charge on any atom is 0.340 e. The molecule has 10 heteroatoms. The fourth-order valence-corrected chi connectivity index (χ4v) is 3.91. The van der Waals surface area contributed by atoms with Crippen LogP contribution in [0.15, 0.2) is 42.5 Å². The van der Waals surface area contributed by atoms with Gasteiger partial charge < -0.3 is 9.64 Å². The number of ether oxygens (including phenoxy) is 1. The molecule has 8 nitrogen and oxygen atoms in total. The Morgan fingerprint density at radius 3 is 2.69 bits per heavy atom. The van der Waals surface area contributed by atoms with Gasteiger partial charge in [0.05, 0.1) is 32.3 Å². The zero-order chi connectivity index (χ0) is 21.1. The van der Waals surface area contributed by atoms with E-state index in [9.17, 15) is 19.7 Å². The molecule has 1 atom stereocenters. The summed E-state index contributed by atoms with van der Waals surface area (Å²) in [5.74, 6) is -1.24. The summed E-state index contributed by atoms with van der Waals surface area (Å²) in [5, 5.41) is 11.4. The number of likely N-dealkylation sites (N-methyl/N-ethyl adjacent to an activating group) is 1. The molecule has 3 aromatic rings. The SMILES string of the molecule is CC(OC(=O)c1ccc([N+](=O)[O-])cc1Cl)C(=O)N(C)Cc1nc2ccccc2s1. The monoisotopic (exact) mass is 433 g/mol. The van der Waals surface area contributed by atoms with Crippen LogP contribution in [0.2, 0.25) is 5.02 Å². The summed E-state index contributed by atoms with van der Waals surface area (Å²) < 4.78 is 6.22. The number of nitrogens with zero attached hydrogens (tertiary/aromatic N) is 3. The van der Waals surface area contributed by atoms with Crippen LogP contribution >= 0.6 is 22.9 Å². The normalized spacial score (nSPS) is 11.8. The number of carbonyl (C=O) groups excluding carboxylic acids is 2. The van der Waals surface area contributed by atoms with Gasteiger partial charge in [-0.2, -0.15) is 0 Å². The smallest absolute Gasteiger partial charge is 0.340 e. The number of nitro groups is 1. The summed E-state index contributed by atoms with van der Waals surface area (Å²) in [4.78, 5) is 40.9. The molecular formula is C19H16ClN3O5S. The van der Waals surface area contributed by atoms with Crippen molar-refractivity contribution in [3.8, 4) is 0 Å². The predicted molar refractivity (Wildman–Crippen MR) is 109 cm³/mol. The molecule has 2 aromatic carbocycles. The Balaban J connectivity index is 1.64. The Morgan fingerprint density at radius 1 is 1.31 bits per heavy atom. The number of carbonyl (C=O) groups is 2. The van der Waals surface area contributed by atoms with Crippen molar-refractivity contribution in [1.82, 2.24) is 9.88 Å². The van der Waals surface area contributed by atoms with Gasteiger partial charge in [-0.1, -0.05) is 23.7 Å². The molecule has 1 heterocycles. The molecule has 150 valence electrons. The first-order chi connectivity index (χ1) is 13.8. The lowest BCUT2D eigenvalue weighted by atomic mass is 10.2. The number of para-hydroxylation sites is 1. The van der Waals surface area contributed by atoms with Gasteiger partial charge in [0.2, 0.25) is 0 Å². The highest BCUT2D eigenvalue weighted by atomic mass is 35.5. The second-order valence-electron chi connectivity index (χ2n) is 6.24. The molecule has 29 heavy (non-hydrogen) atoms. The number of hydrogen-bond donors (Lipinski definition) is 0. The Labute approximate surface area is 174 Å². The van der Waals surface area contributed by atoms with Crippen LogP contribution in [0.1, 0.15) is 22.3 Å². The molecular weight excluding hydrogens is 418 g/mol. The Morgan fingerprint density at radius 2 is 2.03 bits per heavy atom. The number of halogens is 1. The van der Waals surface area contributed by atoms with Crippen LogP contribution in [0.3, 0.4) is 0 Å². The number of rotatable bonds is 6. The molecule has 1 unspecified atom stereocenters. The second-order valence-corrected chi connectivity index (χ2v) is 7.76. The van der Waals surface area contributed by atoms with E-state index in [0.717, 1.165) is 27.4 Å². The highest BCUT2D eigenvalue weighted by Crippen LogP contribution is 2.24.